The predicted octanol–water partition coefficient (Wildman–Crippen LogP) is 1.80. The number of ether oxygens (including phenoxy) is 2. The highest BCUT2D eigenvalue weighted by atomic mass is 16.5. The molecule has 0 aliphatic rings. The van der Waals surface area contributed by atoms with E-state index >= 15 is 0 Å². The molecule has 0 aliphatic carbocycles. The van der Waals surface area contributed by atoms with Crippen molar-refractivity contribution in [1.29, 1.82) is 0 Å². The molecule has 6 heteroatoms. The van der Waals surface area contributed by atoms with Crippen LogP contribution in [0.5, 0.6) is 0 Å². The van der Waals surface area contributed by atoms with E-state index in [0.29, 0.717) is 32.8 Å². The van der Waals surface area contributed by atoms with Gasteiger partial charge in [0.25, 0.3) is 0 Å². The number of Topliss-reactive ketones (excluding diaryl/α,β-unsaturated/α-hetero) is 1. The van der Waals surface area contributed by atoms with Crippen LogP contribution >= 0.6 is 0 Å². The van der Waals surface area contributed by atoms with Gasteiger partial charge in [0.2, 0.25) is 5.91 Å². The van der Waals surface area contributed by atoms with E-state index in [0.717, 1.165) is 25.8 Å². The Morgan fingerprint density at radius 2 is 1.48 bits per heavy atom. The van der Waals surface area contributed by atoms with Crippen molar-refractivity contribution in [2.24, 2.45) is 5.73 Å². The maximum Gasteiger partial charge on any atom is 0.220 e. The minimum absolute atomic E-state index is 0.00724. The zero-order valence-corrected chi connectivity index (χ0v) is 14.6. The van der Waals surface area contributed by atoms with Crippen molar-refractivity contribution in [3.05, 3.63) is 0 Å². The third-order valence-electron chi connectivity index (χ3n) is 3.35. The number of hydrogen-bond donors (Lipinski definition) is 2. The Morgan fingerprint density at radius 3 is 2.13 bits per heavy atom. The highest BCUT2D eigenvalue weighted by Gasteiger charge is 2.00. The summed E-state index contributed by atoms with van der Waals surface area (Å²) in [7, 11) is 0. The molecular weight excluding hydrogens is 296 g/mol. The van der Waals surface area contributed by atoms with Crippen LogP contribution in [0.4, 0.5) is 0 Å². The van der Waals surface area contributed by atoms with E-state index in [1.807, 2.05) is 0 Å². The first-order valence-electron chi connectivity index (χ1n) is 8.78. The predicted molar refractivity (Wildman–Crippen MR) is 91.3 cm³/mol. The van der Waals surface area contributed by atoms with Crippen molar-refractivity contribution >= 4 is 11.7 Å². The molecule has 0 aromatic heterocycles. The summed E-state index contributed by atoms with van der Waals surface area (Å²) in [5.74, 6) is 0.0948. The minimum Gasteiger partial charge on any atom is -0.377 e. The van der Waals surface area contributed by atoms with Crippen molar-refractivity contribution in [1.82, 2.24) is 5.32 Å². The minimum atomic E-state index is 0.00724. The van der Waals surface area contributed by atoms with Gasteiger partial charge in [0.1, 0.15) is 6.61 Å². The molecule has 0 saturated heterocycles. The van der Waals surface area contributed by atoms with Crippen LogP contribution in [0.15, 0.2) is 0 Å². The second-order valence-corrected chi connectivity index (χ2v) is 5.73. The number of rotatable bonds is 17. The fourth-order valence-electron chi connectivity index (χ4n) is 2.10. The molecule has 0 aromatic rings. The van der Waals surface area contributed by atoms with Crippen LogP contribution in [0.3, 0.4) is 0 Å². The second kappa shape index (κ2) is 17.4. The molecule has 3 N–H and O–H groups in total. The molecule has 6 nitrogen and oxygen atoms in total. The maximum absolute atomic E-state index is 11.6. The first-order valence-corrected chi connectivity index (χ1v) is 8.78. The van der Waals surface area contributed by atoms with Gasteiger partial charge in [-0.15, -0.1) is 0 Å². The number of ketones is 1. The average molecular weight is 330 g/mol. The Morgan fingerprint density at radius 1 is 0.870 bits per heavy atom. The van der Waals surface area contributed by atoms with E-state index in [-0.39, 0.29) is 18.3 Å². The van der Waals surface area contributed by atoms with Crippen molar-refractivity contribution in [2.45, 2.75) is 58.3 Å². The van der Waals surface area contributed by atoms with Crippen LogP contribution in [-0.2, 0) is 19.1 Å². The first-order chi connectivity index (χ1) is 11.2. The third-order valence-corrected chi connectivity index (χ3v) is 3.35. The Hall–Kier alpha value is -0.980. The van der Waals surface area contributed by atoms with Gasteiger partial charge in [-0.1, -0.05) is 32.1 Å². The number of nitrogens with two attached hydrogens (primary N) is 1. The highest BCUT2D eigenvalue weighted by molar-refractivity contribution is 5.76. The van der Waals surface area contributed by atoms with Gasteiger partial charge in [0.05, 0.1) is 19.8 Å². The average Bonchev–Trinajstić information content (AvgIpc) is 2.52. The Kier molecular flexibility index (Phi) is 16.6. The van der Waals surface area contributed by atoms with E-state index in [2.05, 4.69) is 5.32 Å². The fourth-order valence-corrected chi connectivity index (χ4v) is 2.10. The van der Waals surface area contributed by atoms with Crippen LogP contribution in [0.1, 0.15) is 58.3 Å². The number of carbonyl (C=O) groups is 2. The molecule has 0 unspecified atom stereocenters. The first kappa shape index (κ1) is 22.0. The zero-order valence-electron chi connectivity index (χ0n) is 14.6. The fraction of sp³-hybridized carbons (Fsp3) is 0.882. The van der Waals surface area contributed by atoms with E-state index < -0.39 is 0 Å². The van der Waals surface area contributed by atoms with E-state index in [1.165, 1.54) is 32.6 Å². The molecule has 0 radical (unpaired) electrons. The van der Waals surface area contributed by atoms with Crippen LogP contribution < -0.4 is 11.1 Å². The molecule has 0 fully saturated rings. The second-order valence-electron chi connectivity index (χ2n) is 5.73. The molecule has 0 aliphatic heterocycles. The van der Waals surface area contributed by atoms with Crippen molar-refractivity contribution in [3.63, 3.8) is 0 Å². The van der Waals surface area contributed by atoms with E-state index in [9.17, 15) is 9.59 Å². The number of hydrogen-bond acceptors (Lipinski definition) is 5. The number of carbonyl (C=O) groups excluding carboxylic acids is 2. The summed E-state index contributed by atoms with van der Waals surface area (Å²) in [5, 5.41) is 2.84. The molecule has 23 heavy (non-hydrogen) atoms. The van der Waals surface area contributed by atoms with Gasteiger partial charge in [-0.05, 0) is 26.3 Å². The van der Waals surface area contributed by atoms with Crippen molar-refractivity contribution in [2.75, 3.05) is 39.5 Å². The monoisotopic (exact) mass is 330 g/mol. The molecule has 0 heterocycles. The van der Waals surface area contributed by atoms with Crippen LogP contribution in [0.25, 0.3) is 0 Å². The molecule has 0 rings (SSSR count). The number of nitrogens with one attached hydrogen (secondary N) is 1. The van der Waals surface area contributed by atoms with Crippen LogP contribution in [0, 0.1) is 0 Å². The van der Waals surface area contributed by atoms with E-state index in [4.69, 9.17) is 15.2 Å². The quantitative estimate of drug-likeness (QED) is 0.397. The molecular formula is C17H34N2O4. The third kappa shape index (κ3) is 19.0. The SMILES string of the molecule is CC(=O)COCCOCCNC(=O)CCCCCCCCCN. The van der Waals surface area contributed by atoms with Crippen molar-refractivity contribution < 1.29 is 19.1 Å². The van der Waals surface area contributed by atoms with Gasteiger partial charge < -0.3 is 20.5 Å². The Bertz CT molecular complexity index is 298. The van der Waals surface area contributed by atoms with Crippen LogP contribution in [-0.4, -0.2) is 51.2 Å². The largest absolute Gasteiger partial charge is 0.377 e. The lowest BCUT2D eigenvalue weighted by atomic mass is 10.1. The van der Waals surface area contributed by atoms with Gasteiger partial charge in [-0.25, -0.2) is 0 Å². The molecule has 0 spiro atoms. The van der Waals surface area contributed by atoms with Gasteiger partial charge in [-0.3, -0.25) is 9.59 Å². The molecule has 0 atom stereocenters. The summed E-state index contributed by atoms with van der Waals surface area (Å²) >= 11 is 0. The van der Waals surface area contributed by atoms with Crippen molar-refractivity contribution in [3.8, 4) is 0 Å². The summed E-state index contributed by atoms with van der Waals surface area (Å²) in [6, 6.07) is 0. The molecule has 136 valence electrons. The van der Waals surface area contributed by atoms with Crippen LogP contribution in [0.2, 0.25) is 0 Å². The lowest BCUT2D eigenvalue weighted by Gasteiger charge is -2.07. The molecule has 0 saturated carbocycles. The summed E-state index contributed by atoms with van der Waals surface area (Å²) in [4.78, 5) is 22.2. The van der Waals surface area contributed by atoms with E-state index in [1.54, 1.807) is 0 Å². The normalized spacial score (nSPS) is 10.7. The number of amides is 1. The molecule has 0 aromatic carbocycles. The van der Waals surface area contributed by atoms with Gasteiger partial charge >= 0.3 is 0 Å². The van der Waals surface area contributed by atoms with Gasteiger partial charge in [0, 0.05) is 13.0 Å². The molecule has 0 bridgehead atoms. The summed E-state index contributed by atoms with van der Waals surface area (Å²) in [6.45, 7) is 4.23. The smallest absolute Gasteiger partial charge is 0.220 e. The maximum atomic E-state index is 11.6. The van der Waals surface area contributed by atoms with Gasteiger partial charge in [0.15, 0.2) is 5.78 Å². The zero-order chi connectivity index (χ0) is 17.2. The summed E-state index contributed by atoms with van der Waals surface area (Å²) in [6.07, 6.45) is 8.66. The number of unbranched alkanes of at least 4 members (excludes halogenated alkanes) is 6. The summed E-state index contributed by atoms with van der Waals surface area (Å²) < 4.78 is 10.4. The Labute approximate surface area is 140 Å². The molecule has 1 amide bonds. The lowest BCUT2D eigenvalue weighted by molar-refractivity contribution is -0.123. The van der Waals surface area contributed by atoms with Gasteiger partial charge in [-0.2, -0.15) is 0 Å². The summed E-state index contributed by atoms with van der Waals surface area (Å²) in [5.41, 5.74) is 5.44. The lowest BCUT2D eigenvalue weighted by Crippen LogP contribution is -2.27. The standard InChI is InChI=1S/C17H34N2O4/c1-16(20)15-23-14-13-22-12-11-19-17(21)9-7-5-3-2-4-6-8-10-18/h2-15,18H2,1H3,(H,19,21). The Balaban J connectivity index is 3.17. The topological polar surface area (TPSA) is 90.6 Å². The highest BCUT2D eigenvalue weighted by Crippen LogP contribution is 2.08.